The van der Waals surface area contributed by atoms with E-state index >= 15 is 0 Å². The van der Waals surface area contributed by atoms with Crippen LogP contribution in [0.25, 0.3) is 0 Å². The van der Waals surface area contributed by atoms with Crippen LogP contribution in [-0.2, 0) is 15.6 Å². The summed E-state index contributed by atoms with van der Waals surface area (Å²) >= 11 is 0. The number of benzene rings is 1. The van der Waals surface area contributed by atoms with Gasteiger partial charge in [-0.05, 0) is 19.1 Å². The Morgan fingerprint density at radius 1 is 1.17 bits per heavy atom. The molecule has 0 amide bonds. The summed E-state index contributed by atoms with van der Waals surface area (Å²) in [5.74, 6) is -2.68. The van der Waals surface area contributed by atoms with E-state index in [-0.39, 0.29) is 5.56 Å². The number of pyridine rings is 1. The molecule has 23 heavy (non-hydrogen) atoms. The van der Waals surface area contributed by atoms with Gasteiger partial charge in [-0.2, -0.15) is 0 Å². The van der Waals surface area contributed by atoms with Gasteiger partial charge in [0.15, 0.2) is 0 Å². The molecule has 9 heteroatoms. The Hall–Kier alpha value is -1.97. The van der Waals surface area contributed by atoms with Crippen molar-refractivity contribution in [1.82, 2.24) is 9.71 Å². The van der Waals surface area contributed by atoms with Crippen molar-refractivity contribution in [2.75, 3.05) is 6.54 Å². The van der Waals surface area contributed by atoms with Gasteiger partial charge in [-0.1, -0.05) is 6.07 Å². The van der Waals surface area contributed by atoms with E-state index in [2.05, 4.69) is 4.98 Å². The van der Waals surface area contributed by atoms with Gasteiger partial charge in [0, 0.05) is 24.4 Å². The summed E-state index contributed by atoms with van der Waals surface area (Å²) in [4.78, 5) is 2.98. The first-order chi connectivity index (χ1) is 10.6. The molecule has 0 spiro atoms. The van der Waals surface area contributed by atoms with Crippen LogP contribution in [0.3, 0.4) is 0 Å². The van der Waals surface area contributed by atoms with Crippen LogP contribution in [-0.4, -0.2) is 25.1 Å². The topological polar surface area (TPSA) is 79.3 Å². The van der Waals surface area contributed by atoms with Crippen molar-refractivity contribution in [3.05, 3.63) is 59.7 Å². The number of halogens is 3. The Morgan fingerprint density at radius 2 is 1.87 bits per heavy atom. The lowest BCUT2D eigenvalue weighted by Crippen LogP contribution is -2.39. The minimum atomic E-state index is -4.15. The average Bonchev–Trinajstić information content (AvgIpc) is 2.45. The van der Waals surface area contributed by atoms with Crippen LogP contribution < -0.4 is 4.72 Å². The van der Waals surface area contributed by atoms with Crippen molar-refractivity contribution in [1.29, 1.82) is 0 Å². The molecule has 1 heterocycles. The van der Waals surface area contributed by atoms with Gasteiger partial charge in [-0.25, -0.2) is 26.3 Å². The molecule has 2 N–H and O–H groups in total. The van der Waals surface area contributed by atoms with E-state index in [1.165, 1.54) is 0 Å². The second-order valence-electron chi connectivity index (χ2n) is 5.06. The molecule has 1 aromatic carbocycles. The van der Waals surface area contributed by atoms with E-state index in [1.807, 2.05) is 4.72 Å². The van der Waals surface area contributed by atoms with E-state index in [1.54, 1.807) is 0 Å². The quantitative estimate of drug-likeness (QED) is 0.863. The molecular formula is C14H13F3N2O3S. The van der Waals surface area contributed by atoms with Crippen LogP contribution in [0.2, 0.25) is 0 Å². The van der Waals surface area contributed by atoms with E-state index in [0.717, 1.165) is 37.5 Å². The Kier molecular flexibility index (Phi) is 4.73. The summed E-state index contributed by atoms with van der Waals surface area (Å²) in [5, 5.41) is 10.2. The Bertz CT molecular complexity index is 826. The molecule has 0 saturated carbocycles. The summed E-state index contributed by atoms with van der Waals surface area (Å²) in [7, 11) is -4.15. The molecule has 0 bridgehead atoms. The summed E-state index contributed by atoms with van der Waals surface area (Å²) in [6.45, 7) is 0.560. The minimum Gasteiger partial charge on any atom is -0.384 e. The lowest BCUT2D eigenvalue weighted by atomic mass is 9.96. The molecule has 1 unspecified atom stereocenters. The van der Waals surface area contributed by atoms with Crippen molar-refractivity contribution >= 4 is 10.0 Å². The van der Waals surface area contributed by atoms with Gasteiger partial charge in [0.1, 0.15) is 27.9 Å². The second-order valence-corrected chi connectivity index (χ2v) is 6.83. The van der Waals surface area contributed by atoms with Crippen LogP contribution in [0.15, 0.2) is 41.6 Å². The van der Waals surface area contributed by atoms with E-state index in [0.29, 0.717) is 6.07 Å². The normalized spacial score (nSPS) is 14.5. The van der Waals surface area contributed by atoms with Gasteiger partial charge < -0.3 is 5.11 Å². The van der Waals surface area contributed by atoms with Crippen molar-refractivity contribution in [2.45, 2.75) is 17.4 Å². The summed E-state index contributed by atoms with van der Waals surface area (Å²) in [6.07, 6.45) is 1.77. The number of nitrogens with one attached hydrogen (secondary N) is 1. The number of sulfonamides is 1. The standard InChI is InChI=1S/C14H13F3N2O3S/c1-14(20,12-3-2-9(15)5-13(12)17)8-19-23(21,22)11-4-10(16)6-18-7-11/h2-7,19-20H,8H2,1H3. The highest BCUT2D eigenvalue weighted by atomic mass is 32.2. The Labute approximate surface area is 130 Å². The zero-order chi connectivity index (χ0) is 17.3. The van der Waals surface area contributed by atoms with Crippen LogP contribution in [0.1, 0.15) is 12.5 Å². The van der Waals surface area contributed by atoms with Crippen LogP contribution in [0, 0.1) is 17.5 Å². The highest BCUT2D eigenvalue weighted by Gasteiger charge is 2.29. The van der Waals surface area contributed by atoms with Crippen molar-refractivity contribution in [3.8, 4) is 0 Å². The Morgan fingerprint density at radius 3 is 2.48 bits per heavy atom. The van der Waals surface area contributed by atoms with Crippen LogP contribution >= 0.6 is 0 Å². The number of aliphatic hydroxyl groups is 1. The maximum atomic E-state index is 13.7. The molecule has 0 aliphatic carbocycles. The molecule has 1 atom stereocenters. The number of nitrogens with zero attached hydrogens (tertiary/aromatic N) is 1. The van der Waals surface area contributed by atoms with Gasteiger partial charge in [0.05, 0.1) is 6.20 Å². The fourth-order valence-corrected chi connectivity index (χ4v) is 2.98. The molecule has 0 aliphatic rings. The smallest absolute Gasteiger partial charge is 0.242 e. The van der Waals surface area contributed by atoms with Gasteiger partial charge in [0.25, 0.3) is 0 Å². The number of hydrogen-bond acceptors (Lipinski definition) is 4. The van der Waals surface area contributed by atoms with E-state index < -0.39 is 44.5 Å². The fourth-order valence-electron chi connectivity index (χ4n) is 1.88. The molecule has 2 rings (SSSR count). The lowest BCUT2D eigenvalue weighted by molar-refractivity contribution is 0.0588. The largest absolute Gasteiger partial charge is 0.384 e. The van der Waals surface area contributed by atoms with Gasteiger partial charge in [-0.15, -0.1) is 0 Å². The maximum Gasteiger partial charge on any atom is 0.242 e. The third-order valence-electron chi connectivity index (χ3n) is 3.11. The third-order valence-corrected chi connectivity index (χ3v) is 4.48. The molecule has 0 aliphatic heterocycles. The molecular weight excluding hydrogens is 333 g/mol. The highest BCUT2D eigenvalue weighted by molar-refractivity contribution is 7.89. The number of aromatic nitrogens is 1. The monoisotopic (exact) mass is 346 g/mol. The van der Waals surface area contributed by atoms with E-state index in [4.69, 9.17) is 0 Å². The zero-order valence-corrected chi connectivity index (χ0v) is 12.7. The second kappa shape index (κ2) is 6.26. The van der Waals surface area contributed by atoms with Crippen molar-refractivity contribution < 1.29 is 26.7 Å². The molecule has 1 aromatic heterocycles. The predicted molar refractivity (Wildman–Crippen MR) is 75.3 cm³/mol. The molecule has 0 fully saturated rings. The first-order valence-corrected chi connectivity index (χ1v) is 7.88. The number of hydrogen-bond donors (Lipinski definition) is 2. The first kappa shape index (κ1) is 17.4. The summed E-state index contributed by atoms with van der Waals surface area (Å²) < 4.78 is 65.7. The average molecular weight is 346 g/mol. The molecule has 5 nitrogen and oxygen atoms in total. The zero-order valence-electron chi connectivity index (χ0n) is 11.9. The minimum absolute atomic E-state index is 0.279. The summed E-state index contributed by atoms with van der Waals surface area (Å²) in [6, 6.07) is 3.29. The Balaban J connectivity index is 2.21. The van der Waals surface area contributed by atoms with Crippen LogP contribution in [0.4, 0.5) is 13.2 Å². The fraction of sp³-hybridized carbons (Fsp3) is 0.214. The van der Waals surface area contributed by atoms with E-state index in [9.17, 15) is 26.7 Å². The van der Waals surface area contributed by atoms with Gasteiger partial charge >= 0.3 is 0 Å². The molecule has 2 aromatic rings. The summed E-state index contributed by atoms with van der Waals surface area (Å²) in [5.41, 5.74) is -2.22. The van der Waals surface area contributed by atoms with Gasteiger partial charge in [-0.3, -0.25) is 4.98 Å². The molecule has 0 saturated heterocycles. The third kappa shape index (κ3) is 4.06. The molecule has 0 radical (unpaired) electrons. The van der Waals surface area contributed by atoms with Crippen LogP contribution in [0.5, 0.6) is 0 Å². The molecule has 124 valence electrons. The highest BCUT2D eigenvalue weighted by Crippen LogP contribution is 2.24. The predicted octanol–water partition coefficient (Wildman–Crippen LogP) is 1.68. The van der Waals surface area contributed by atoms with Crippen molar-refractivity contribution in [2.24, 2.45) is 0 Å². The van der Waals surface area contributed by atoms with Crippen molar-refractivity contribution in [3.63, 3.8) is 0 Å². The first-order valence-electron chi connectivity index (χ1n) is 6.40. The van der Waals surface area contributed by atoms with Gasteiger partial charge in [0.2, 0.25) is 10.0 Å². The lowest BCUT2D eigenvalue weighted by Gasteiger charge is -2.24. The number of rotatable bonds is 5. The maximum absolute atomic E-state index is 13.7. The SMILES string of the molecule is CC(O)(CNS(=O)(=O)c1cncc(F)c1)c1ccc(F)cc1F.